The number of hydrogen-bond acceptors (Lipinski definition) is 3. The van der Waals surface area contributed by atoms with E-state index in [4.69, 9.17) is 0 Å². The smallest absolute Gasteiger partial charge is 0.0814 e. The minimum absolute atomic E-state index is 0.674. The van der Waals surface area contributed by atoms with E-state index in [0.29, 0.717) is 6.04 Å². The fraction of sp³-hybridized carbons (Fsp3) is 0.500. The van der Waals surface area contributed by atoms with Crippen molar-refractivity contribution in [3.63, 3.8) is 0 Å². The highest BCUT2D eigenvalue weighted by molar-refractivity contribution is 7.16. The third-order valence-corrected chi connectivity index (χ3v) is 4.36. The predicted octanol–water partition coefficient (Wildman–Crippen LogP) is 3.15. The minimum atomic E-state index is 0.674. The van der Waals surface area contributed by atoms with Gasteiger partial charge in [-0.15, -0.1) is 11.3 Å². The van der Waals surface area contributed by atoms with Gasteiger partial charge in [0, 0.05) is 6.04 Å². The fourth-order valence-electron chi connectivity index (χ4n) is 2.63. The van der Waals surface area contributed by atoms with Crippen molar-refractivity contribution in [3.05, 3.63) is 28.8 Å². The van der Waals surface area contributed by atoms with Crippen LogP contribution in [-0.2, 0) is 12.8 Å². The van der Waals surface area contributed by atoms with E-state index in [1.165, 1.54) is 47.0 Å². The van der Waals surface area contributed by atoms with Gasteiger partial charge in [0.15, 0.2) is 0 Å². The third kappa shape index (κ3) is 2.22. The SMILES string of the molecule is CCCNC1CCc2cc3ncsc3cc2C1. The second-order valence-electron chi connectivity index (χ2n) is 4.83. The molecule has 0 saturated carbocycles. The van der Waals surface area contributed by atoms with Crippen LogP contribution in [0.25, 0.3) is 10.2 Å². The van der Waals surface area contributed by atoms with Gasteiger partial charge < -0.3 is 5.32 Å². The van der Waals surface area contributed by atoms with E-state index in [1.807, 2.05) is 5.51 Å². The van der Waals surface area contributed by atoms with Crippen LogP contribution in [0.4, 0.5) is 0 Å². The highest BCUT2D eigenvalue weighted by atomic mass is 32.1. The Kier molecular flexibility index (Phi) is 3.12. The lowest BCUT2D eigenvalue weighted by Crippen LogP contribution is -2.34. The summed E-state index contributed by atoms with van der Waals surface area (Å²) in [6, 6.07) is 5.31. The molecule has 0 radical (unpaired) electrons. The summed E-state index contributed by atoms with van der Waals surface area (Å²) in [6.07, 6.45) is 4.87. The van der Waals surface area contributed by atoms with Gasteiger partial charge in [-0.25, -0.2) is 4.98 Å². The molecule has 1 atom stereocenters. The number of nitrogens with one attached hydrogen (secondary N) is 1. The zero-order valence-electron chi connectivity index (χ0n) is 10.2. The molecule has 1 unspecified atom stereocenters. The fourth-order valence-corrected chi connectivity index (χ4v) is 3.35. The highest BCUT2D eigenvalue weighted by Gasteiger charge is 2.18. The van der Waals surface area contributed by atoms with Gasteiger partial charge in [0.05, 0.1) is 15.7 Å². The zero-order valence-corrected chi connectivity index (χ0v) is 11.0. The molecule has 2 nitrogen and oxygen atoms in total. The van der Waals surface area contributed by atoms with Gasteiger partial charge in [0.1, 0.15) is 0 Å². The van der Waals surface area contributed by atoms with Crippen molar-refractivity contribution < 1.29 is 0 Å². The second-order valence-corrected chi connectivity index (χ2v) is 5.72. The Bertz CT molecular complexity index is 518. The van der Waals surface area contributed by atoms with Crippen molar-refractivity contribution in [3.8, 4) is 0 Å². The van der Waals surface area contributed by atoms with Crippen LogP contribution in [0.5, 0.6) is 0 Å². The molecule has 1 aliphatic rings. The summed E-state index contributed by atoms with van der Waals surface area (Å²) in [5.41, 5.74) is 6.16. The van der Waals surface area contributed by atoms with Crippen LogP contribution in [0, 0.1) is 0 Å². The molecule has 90 valence electrons. The minimum Gasteiger partial charge on any atom is -0.314 e. The maximum absolute atomic E-state index is 4.40. The predicted molar refractivity (Wildman–Crippen MR) is 73.7 cm³/mol. The number of thiazole rings is 1. The van der Waals surface area contributed by atoms with E-state index in [0.717, 1.165) is 6.54 Å². The van der Waals surface area contributed by atoms with Crippen LogP contribution in [0.2, 0.25) is 0 Å². The van der Waals surface area contributed by atoms with E-state index in [2.05, 4.69) is 29.4 Å². The summed E-state index contributed by atoms with van der Waals surface area (Å²) < 4.78 is 1.33. The molecule has 1 aromatic heterocycles. The number of aromatic nitrogens is 1. The molecular weight excluding hydrogens is 228 g/mol. The van der Waals surface area contributed by atoms with Crippen LogP contribution in [0.1, 0.15) is 30.9 Å². The number of aryl methyl sites for hydroxylation is 1. The molecule has 1 heterocycles. The lowest BCUT2D eigenvalue weighted by Gasteiger charge is -2.25. The first-order valence-electron chi connectivity index (χ1n) is 6.45. The average Bonchev–Trinajstić information content (AvgIpc) is 2.80. The third-order valence-electron chi connectivity index (χ3n) is 3.56. The van der Waals surface area contributed by atoms with E-state index in [9.17, 15) is 0 Å². The number of nitrogens with zero attached hydrogens (tertiary/aromatic N) is 1. The topological polar surface area (TPSA) is 24.9 Å². The van der Waals surface area contributed by atoms with Crippen LogP contribution in [0.15, 0.2) is 17.6 Å². The molecule has 2 aromatic rings. The number of benzene rings is 1. The quantitative estimate of drug-likeness (QED) is 0.900. The Balaban J connectivity index is 1.85. The standard InChI is InChI=1S/C14H18N2S/c1-2-5-15-12-4-3-10-7-13-14(17-9-16-13)8-11(10)6-12/h7-9,12,15H,2-6H2,1H3. The summed E-state index contributed by atoms with van der Waals surface area (Å²) in [5.74, 6) is 0. The molecule has 3 rings (SSSR count). The summed E-state index contributed by atoms with van der Waals surface area (Å²) >= 11 is 1.75. The highest BCUT2D eigenvalue weighted by Crippen LogP contribution is 2.28. The zero-order chi connectivity index (χ0) is 11.7. The molecule has 1 aromatic carbocycles. The molecule has 0 spiro atoms. The van der Waals surface area contributed by atoms with Gasteiger partial charge in [-0.3, -0.25) is 0 Å². The van der Waals surface area contributed by atoms with Crippen molar-refractivity contribution in [2.45, 2.75) is 38.6 Å². The largest absolute Gasteiger partial charge is 0.314 e. The monoisotopic (exact) mass is 246 g/mol. The molecule has 0 saturated heterocycles. The van der Waals surface area contributed by atoms with Crippen molar-refractivity contribution in [2.75, 3.05) is 6.54 Å². The van der Waals surface area contributed by atoms with Crippen molar-refractivity contribution in [1.82, 2.24) is 10.3 Å². The molecule has 17 heavy (non-hydrogen) atoms. The number of hydrogen-bond donors (Lipinski definition) is 1. The van der Waals surface area contributed by atoms with Gasteiger partial charge in [0.2, 0.25) is 0 Å². The van der Waals surface area contributed by atoms with Crippen LogP contribution in [0.3, 0.4) is 0 Å². The van der Waals surface area contributed by atoms with Crippen molar-refractivity contribution in [2.24, 2.45) is 0 Å². The Labute approximate surface area is 106 Å². The molecule has 0 bridgehead atoms. The first kappa shape index (κ1) is 11.2. The maximum Gasteiger partial charge on any atom is 0.0814 e. The lowest BCUT2D eigenvalue weighted by molar-refractivity contribution is 0.459. The summed E-state index contributed by atoms with van der Waals surface area (Å²) in [6.45, 7) is 3.37. The van der Waals surface area contributed by atoms with Gasteiger partial charge in [-0.05, 0) is 55.5 Å². The summed E-state index contributed by atoms with van der Waals surface area (Å²) in [7, 11) is 0. The van der Waals surface area contributed by atoms with Crippen LogP contribution in [-0.4, -0.2) is 17.6 Å². The van der Waals surface area contributed by atoms with Crippen molar-refractivity contribution in [1.29, 1.82) is 0 Å². The average molecular weight is 246 g/mol. The number of rotatable bonds is 3. The lowest BCUT2D eigenvalue weighted by atomic mass is 9.88. The summed E-state index contributed by atoms with van der Waals surface area (Å²) in [5, 5.41) is 3.64. The Morgan fingerprint density at radius 2 is 2.35 bits per heavy atom. The summed E-state index contributed by atoms with van der Waals surface area (Å²) in [4.78, 5) is 4.40. The molecule has 3 heteroatoms. The number of fused-ring (bicyclic) bond motifs is 2. The van der Waals surface area contributed by atoms with E-state index in [1.54, 1.807) is 11.3 Å². The normalized spacial score (nSPS) is 19.5. The van der Waals surface area contributed by atoms with E-state index >= 15 is 0 Å². The van der Waals surface area contributed by atoms with Crippen LogP contribution >= 0.6 is 11.3 Å². The molecule has 1 N–H and O–H groups in total. The van der Waals surface area contributed by atoms with Gasteiger partial charge in [-0.2, -0.15) is 0 Å². The van der Waals surface area contributed by atoms with E-state index in [-0.39, 0.29) is 0 Å². The Hall–Kier alpha value is -0.930. The van der Waals surface area contributed by atoms with Crippen LogP contribution < -0.4 is 5.32 Å². The molecule has 0 aliphatic heterocycles. The van der Waals surface area contributed by atoms with E-state index < -0.39 is 0 Å². The molecule has 1 aliphatic carbocycles. The first-order valence-corrected chi connectivity index (χ1v) is 7.33. The second kappa shape index (κ2) is 4.75. The van der Waals surface area contributed by atoms with Gasteiger partial charge in [0.25, 0.3) is 0 Å². The molecular formula is C14H18N2S. The molecule has 0 fully saturated rings. The first-order chi connectivity index (χ1) is 8.36. The maximum atomic E-state index is 4.40. The molecule has 0 amide bonds. The Morgan fingerprint density at radius 3 is 3.24 bits per heavy atom. The van der Waals surface area contributed by atoms with Crippen molar-refractivity contribution >= 4 is 21.6 Å². The Morgan fingerprint density at radius 1 is 1.41 bits per heavy atom. The van der Waals surface area contributed by atoms with Gasteiger partial charge >= 0.3 is 0 Å². The van der Waals surface area contributed by atoms with Gasteiger partial charge in [-0.1, -0.05) is 6.92 Å².